The van der Waals surface area contributed by atoms with Crippen molar-refractivity contribution in [3.63, 3.8) is 0 Å². The van der Waals surface area contributed by atoms with E-state index in [2.05, 4.69) is 10.6 Å². The molecule has 0 bridgehead atoms. The fourth-order valence-corrected chi connectivity index (χ4v) is 6.84. The van der Waals surface area contributed by atoms with Gasteiger partial charge in [-0.15, -0.1) is 0 Å². The van der Waals surface area contributed by atoms with Gasteiger partial charge in [-0.25, -0.2) is 13.2 Å². The number of morpholine rings is 1. The molecule has 0 saturated carbocycles. The molecule has 36 heavy (non-hydrogen) atoms. The molecule has 3 aliphatic rings. The van der Waals surface area contributed by atoms with Crippen LogP contribution >= 0.6 is 0 Å². The van der Waals surface area contributed by atoms with Crippen LogP contribution in [0.5, 0.6) is 0 Å². The molecule has 2 aromatic carbocycles. The molecule has 11 heteroatoms. The summed E-state index contributed by atoms with van der Waals surface area (Å²) in [6.45, 7) is 2.38. The van der Waals surface area contributed by atoms with Crippen molar-refractivity contribution in [2.75, 3.05) is 38.2 Å². The molecule has 2 aromatic rings. The number of imide groups is 1. The van der Waals surface area contributed by atoms with Crippen LogP contribution in [0, 0.1) is 6.92 Å². The Morgan fingerprint density at radius 1 is 1.14 bits per heavy atom. The first-order chi connectivity index (χ1) is 17.2. The number of carbonyl (C=O) groups excluding carboxylic acids is 3. The van der Waals surface area contributed by atoms with E-state index in [1.54, 1.807) is 19.1 Å². The van der Waals surface area contributed by atoms with Crippen LogP contribution in [0.2, 0.25) is 0 Å². The van der Waals surface area contributed by atoms with Crippen molar-refractivity contribution in [2.45, 2.75) is 36.6 Å². The first kappa shape index (κ1) is 24.4. The normalized spacial score (nSPS) is 22.4. The van der Waals surface area contributed by atoms with Gasteiger partial charge in [0.2, 0.25) is 15.9 Å². The van der Waals surface area contributed by atoms with Crippen LogP contribution in [0.1, 0.15) is 29.5 Å². The number of amides is 4. The predicted octanol–water partition coefficient (Wildman–Crippen LogP) is 1.74. The summed E-state index contributed by atoms with van der Waals surface area (Å²) >= 11 is 0. The van der Waals surface area contributed by atoms with Crippen molar-refractivity contribution >= 4 is 33.6 Å². The maximum atomic E-state index is 13.4. The molecule has 1 spiro atoms. The largest absolute Gasteiger partial charge is 0.379 e. The molecule has 2 fully saturated rings. The molecule has 0 unspecified atom stereocenters. The maximum absolute atomic E-state index is 13.4. The average molecular weight is 513 g/mol. The topological polar surface area (TPSA) is 125 Å². The number of hydrogen-bond acceptors (Lipinski definition) is 6. The summed E-state index contributed by atoms with van der Waals surface area (Å²) in [6, 6.07) is 11.5. The predicted molar refractivity (Wildman–Crippen MR) is 131 cm³/mol. The van der Waals surface area contributed by atoms with E-state index in [1.807, 2.05) is 24.3 Å². The minimum absolute atomic E-state index is 0.0926. The smallest absolute Gasteiger partial charge is 0.325 e. The molecule has 0 aromatic heterocycles. The van der Waals surface area contributed by atoms with Crippen LogP contribution in [0.25, 0.3) is 0 Å². The highest BCUT2D eigenvalue weighted by molar-refractivity contribution is 7.89. The van der Waals surface area contributed by atoms with Gasteiger partial charge in [0.05, 0.1) is 18.1 Å². The minimum atomic E-state index is -3.76. The molecule has 5 rings (SSSR count). The SMILES string of the molecule is Cc1ccc(NC(=O)CN2C(=O)N[C@]3(CCCc4ccccc43)C2=O)cc1S(=O)(=O)N1CCOCC1. The van der Waals surface area contributed by atoms with Crippen molar-refractivity contribution < 1.29 is 27.5 Å². The number of aryl methyl sites for hydroxylation is 2. The highest BCUT2D eigenvalue weighted by Gasteiger charge is 2.54. The number of sulfonamides is 1. The average Bonchev–Trinajstić information content (AvgIpc) is 3.10. The highest BCUT2D eigenvalue weighted by atomic mass is 32.2. The number of benzene rings is 2. The molecule has 1 atom stereocenters. The molecule has 190 valence electrons. The lowest BCUT2D eigenvalue weighted by Gasteiger charge is -2.33. The van der Waals surface area contributed by atoms with Gasteiger partial charge in [0.1, 0.15) is 12.1 Å². The lowest BCUT2D eigenvalue weighted by atomic mass is 9.76. The van der Waals surface area contributed by atoms with Crippen molar-refractivity contribution in [3.05, 3.63) is 59.2 Å². The third kappa shape index (κ3) is 4.16. The fourth-order valence-electron chi connectivity index (χ4n) is 5.18. The number of urea groups is 1. The number of hydrogen-bond donors (Lipinski definition) is 2. The van der Waals surface area contributed by atoms with Crippen LogP contribution in [-0.4, -0.2) is 68.3 Å². The van der Waals surface area contributed by atoms with E-state index in [9.17, 15) is 22.8 Å². The van der Waals surface area contributed by atoms with Gasteiger partial charge in [-0.05, 0) is 55.0 Å². The maximum Gasteiger partial charge on any atom is 0.325 e. The zero-order valence-corrected chi connectivity index (χ0v) is 20.8. The Labute approximate surface area is 209 Å². The van der Waals surface area contributed by atoms with Crippen LogP contribution in [0.3, 0.4) is 0 Å². The Bertz CT molecular complexity index is 1340. The van der Waals surface area contributed by atoms with E-state index in [-0.39, 0.29) is 23.7 Å². The second-order valence-electron chi connectivity index (χ2n) is 9.28. The lowest BCUT2D eigenvalue weighted by molar-refractivity contribution is -0.134. The summed E-state index contributed by atoms with van der Waals surface area (Å²) in [4.78, 5) is 40.1. The molecule has 0 radical (unpaired) electrons. The Morgan fingerprint density at radius 2 is 1.89 bits per heavy atom. The molecular formula is C25H28N4O6S. The van der Waals surface area contributed by atoms with E-state index in [0.717, 1.165) is 28.9 Å². The fraction of sp³-hybridized carbons (Fsp3) is 0.400. The zero-order chi connectivity index (χ0) is 25.5. The molecule has 2 heterocycles. The van der Waals surface area contributed by atoms with E-state index < -0.39 is 40.0 Å². The van der Waals surface area contributed by atoms with E-state index >= 15 is 0 Å². The summed E-state index contributed by atoms with van der Waals surface area (Å²) < 4.78 is 32.9. The van der Waals surface area contributed by atoms with Gasteiger partial charge in [0, 0.05) is 18.8 Å². The molecule has 2 N–H and O–H groups in total. The Morgan fingerprint density at radius 3 is 2.67 bits per heavy atom. The number of carbonyl (C=O) groups is 3. The summed E-state index contributed by atoms with van der Waals surface area (Å²) in [7, 11) is -3.76. The third-order valence-electron chi connectivity index (χ3n) is 7.01. The minimum Gasteiger partial charge on any atom is -0.379 e. The third-order valence-corrected chi connectivity index (χ3v) is 9.05. The summed E-state index contributed by atoms with van der Waals surface area (Å²) in [5.41, 5.74) is 1.44. The van der Waals surface area contributed by atoms with Crippen molar-refractivity contribution in [1.82, 2.24) is 14.5 Å². The van der Waals surface area contributed by atoms with Gasteiger partial charge in [0.25, 0.3) is 5.91 Å². The first-order valence-corrected chi connectivity index (χ1v) is 13.4. The molecule has 4 amide bonds. The van der Waals surface area contributed by atoms with Crippen LogP contribution < -0.4 is 10.6 Å². The van der Waals surface area contributed by atoms with Crippen molar-refractivity contribution in [1.29, 1.82) is 0 Å². The number of rotatable bonds is 5. The van der Waals surface area contributed by atoms with Gasteiger partial charge >= 0.3 is 6.03 Å². The molecule has 2 aliphatic heterocycles. The Hall–Kier alpha value is -3.28. The van der Waals surface area contributed by atoms with Gasteiger partial charge in [0.15, 0.2) is 0 Å². The van der Waals surface area contributed by atoms with Gasteiger partial charge in [-0.3, -0.25) is 14.5 Å². The Balaban J connectivity index is 1.33. The quantitative estimate of drug-likeness (QED) is 0.588. The van der Waals surface area contributed by atoms with E-state index in [0.29, 0.717) is 25.2 Å². The van der Waals surface area contributed by atoms with Gasteiger partial charge < -0.3 is 15.4 Å². The molecular weight excluding hydrogens is 484 g/mol. The number of anilines is 1. The van der Waals surface area contributed by atoms with Crippen LogP contribution in [0.4, 0.5) is 10.5 Å². The molecule has 10 nitrogen and oxygen atoms in total. The van der Waals surface area contributed by atoms with Crippen LogP contribution in [-0.2, 0) is 36.3 Å². The number of nitrogens with zero attached hydrogens (tertiary/aromatic N) is 2. The van der Waals surface area contributed by atoms with E-state index in [1.165, 1.54) is 10.4 Å². The number of nitrogens with one attached hydrogen (secondary N) is 2. The molecule has 1 aliphatic carbocycles. The van der Waals surface area contributed by atoms with Gasteiger partial charge in [-0.2, -0.15) is 4.31 Å². The van der Waals surface area contributed by atoms with E-state index in [4.69, 9.17) is 4.74 Å². The Kier molecular flexibility index (Phi) is 6.31. The number of fused-ring (bicyclic) bond motifs is 2. The molecule has 2 saturated heterocycles. The second kappa shape index (κ2) is 9.30. The highest BCUT2D eigenvalue weighted by Crippen LogP contribution is 2.39. The summed E-state index contributed by atoms with van der Waals surface area (Å²) in [6.07, 6.45) is 2.03. The first-order valence-electron chi connectivity index (χ1n) is 11.9. The van der Waals surface area contributed by atoms with Crippen molar-refractivity contribution in [2.24, 2.45) is 0 Å². The lowest BCUT2D eigenvalue weighted by Crippen LogP contribution is -2.47. The van der Waals surface area contributed by atoms with Crippen LogP contribution in [0.15, 0.2) is 47.4 Å². The van der Waals surface area contributed by atoms with Gasteiger partial charge in [-0.1, -0.05) is 30.3 Å². The standard InChI is InChI=1S/C25H28N4O6S/c1-17-8-9-19(15-21(17)36(33,34)28-11-13-35-14-12-28)26-22(30)16-29-23(31)25(27-24(29)32)10-4-6-18-5-2-3-7-20(18)25/h2-3,5,7-9,15H,4,6,10-14,16H2,1H3,(H,26,30)(H,27,32)/t25-/m0/s1. The summed E-state index contributed by atoms with van der Waals surface area (Å²) in [5, 5.41) is 5.47. The second-order valence-corrected chi connectivity index (χ2v) is 11.2. The van der Waals surface area contributed by atoms with Crippen molar-refractivity contribution in [3.8, 4) is 0 Å². The number of ether oxygens (including phenoxy) is 1. The monoisotopic (exact) mass is 512 g/mol. The zero-order valence-electron chi connectivity index (χ0n) is 20.0. The summed E-state index contributed by atoms with van der Waals surface area (Å²) in [5.74, 6) is -1.05.